The molecule has 0 aliphatic carbocycles. The van der Waals surface area contributed by atoms with Crippen molar-refractivity contribution in [2.24, 2.45) is 0 Å². The van der Waals surface area contributed by atoms with E-state index in [0.717, 1.165) is 12.0 Å². The molecular weight excluding hydrogens is 209 g/mol. The van der Waals surface area contributed by atoms with Crippen molar-refractivity contribution in [2.45, 2.75) is 32.1 Å². The largest absolute Gasteiger partial charge is 0.238 e. The van der Waals surface area contributed by atoms with Gasteiger partial charge >= 0.3 is 0 Å². The van der Waals surface area contributed by atoms with Crippen LogP contribution in [0.4, 0.5) is 11.7 Å². The maximum Gasteiger partial charge on any atom is 0.238 e. The lowest BCUT2D eigenvalue weighted by molar-refractivity contribution is 0.630. The molecule has 0 nitrogen and oxygen atoms in total. The molecule has 0 N–H and O–H groups in total. The van der Waals surface area contributed by atoms with Crippen molar-refractivity contribution in [1.82, 2.24) is 0 Å². The van der Waals surface area contributed by atoms with Gasteiger partial charge in [-0.1, -0.05) is 19.1 Å². The van der Waals surface area contributed by atoms with Crippen LogP contribution >= 0.6 is 11.2 Å². The number of rotatable bonds is 2. The van der Waals surface area contributed by atoms with Gasteiger partial charge in [-0.15, -0.1) is 11.7 Å². The molecule has 1 rings (SSSR count). The Kier molecular flexibility index (Phi) is 3.14. The van der Waals surface area contributed by atoms with Gasteiger partial charge in [-0.05, 0) is 37.0 Å². The normalized spacial score (nSPS) is 13.0. The molecule has 0 spiro atoms. The second kappa shape index (κ2) is 3.85. The Morgan fingerprint density at radius 1 is 1.07 bits per heavy atom. The van der Waals surface area contributed by atoms with Gasteiger partial charge in [0.25, 0.3) is 0 Å². The van der Waals surface area contributed by atoms with Crippen molar-refractivity contribution < 1.29 is 11.7 Å². The van der Waals surface area contributed by atoms with Crippen LogP contribution in [0.2, 0.25) is 0 Å². The lowest BCUT2D eigenvalue weighted by Gasteiger charge is -2.17. The van der Waals surface area contributed by atoms with Gasteiger partial charge in [0.15, 0.2) is 0 Å². The van der Waals surface area contributed by atoms with Gasteiger partial charge in [0.2, 0.25) is 11.2 Å². The molecule has 80 valence electrons. The number of hydrogen-bond donors (Lipinski definition) is 0. The Labute approximate surface area is 84.3 Å². The first-order valence-electron chi connectivity index (χ1n) is 4.38. The molecule has 0 saturated carbocycles. The highest BCUT2D eigenvalue weighted by Crippen LogP contribution is 2.62. The second-order valence-electron chi connectivity index (χ2n) is 3.32. The van der Waals surface area contributed by atoms with Crippen molar-refractivity contribution in [3.8, 4) is 0 Å². The minimum absolute atomic E-state index is 0.351. The summed E-state index contributed by atoms with van der Waals surface area (Å²) in [7, 11) is 0. The third-order valence-electron chi connectivity index (χ3n) is 2.16. The molecule has 0 amide bonds. The summed E-state index contributed by atoms with van der Waals surface area (Å²) in [6.45, 7) is 5.00. The predicted octanol–water partition coefficient (Wildman–Crippen LogP) is 4.68. The summed E-state index contributed by atoms with van der Waals surface area (Å²) in [5, 5.41) is 0. The first-order chi connectivity index (χ1) is 6.36. The van der Waals surface area contributed by atoms with Crippen LogP contribution in [0.5, 0.6) is 0 Å². The molecule has 14 heavy (non-hydrogen) atoms. The van der Waals surface area contributed by atoms with E-state index >= 15 is 0 Å². The van der Waals surface area contributed by atoms with Gasteiger partial charge < -0.3 is 0 Å². The number of halogens is 3. The van der Waals surface area contributed by atoms with Crippen LogP contribution in [0.3, 0.4) is 0 Å². The highest BCUT2D eigenvalue weighted by atomic mass is 32.3. The minimum Gasteiger partial charge on any atom is -0.120 e. The average molecular weight is 222 g/mol. The fraction of sp³-hybridized carbons (Fsp3) is 0.400. The molecule has 0 radical (unpaired) electrons. The van der Waals surface area contributed by atoms with Crippen molar-refractivity contribution in [1.29, 1.82) is 0 Å². The fourth-order valence-corrected chi connectivity index (χ4v) is 2.46. The van der Waals surface area contributed by atoms with Crippen molar-refractivity contribution in [3.63, 3.8) is 0 Å². The van der Waals surface area contributed by atoms with E-state index in [9.17, 15) is 11.7 Å². The van der Waals surface area contributed by atoms with E-state index in [1.54, 1.807) is 12.1 Å². The van der Waals surface area contributed by atoms with Crippen LogP contribution in [0.15, 0.2) is 17.0 Å². The third kappa shape index (κ3) is 2.23. The van der Waals surface area contributed by atoms with Crippen LogP contribution in [0.1, 0.15) is 23.6 Å². The average Bonchev–Trinajstić information content (AvgIpc) is 1.99. The van der Waals surface area contributed by atoms with Gasteiger partial charge in [0.1, 0.15) is 0 Å². The molecule has 0 aromatic heterocycles. The first kappa shape index (κ1) is 11.4. The monoisotopic (exact) mass is 222 g/mol. The van der Waals surface area contributed by atoms with Crippen LogP contribution in [0, 0.1) is 13.8 Å². The standard InChI is InChI=1S/C10H13F3S/c1-4-9-5-7(2)10(8(3)6-9)14(11,12)13/h5-6H,4H2,1-3H3. The summed E-state index contributed by atoms with van der Waals surface area (Å²) in [5.41, 5.74) is 1.67. The Hall–Kier alpha value is -0.640. The maximum atomic E-state index is 12.6. The van der Waals surface area contributed by atoms with Crippen LogP contribution in [-0.2, 0) is 6.42 Å². The Morgan fingerprint density at radius 3 is 1.79 bits per heavy atom. The van der Waals surface area contributed by atoms with Gasteiger partial charge in [-0.3, -0.25) is 0 Å². The Bertz CT molecular complexity index is 319. The molecule has 1 aromatic carbocycles. The Morgan fingerprint density at radius 2 is 1.50 bits per heavy atom. The van der Waals surface area contributed by atoms with Gasteiger partial charge in [-0.25, -0.2) is 0 Å². The van der Waals surface area contributed by atoms with E-state index in [2.05, 4.69) is 0 Å². The summed E-state index contributed by atoms with van der Waals surface area (Å²) < 4.78 is 37.9. The van der Waals surface area contributed by atoms with E-state index in [0.29, 0.717) is 11.1 Å². The van der Waals surface area contributed by atoms with E-state index in [1.807, 2.05) is 6.92 Å². The first-order valence-corrected chi connectivity index (χ1v) is 5.72. The van der Waals surface area contributed by atoms with Gasteiger partial charge in [0.05, 0.1) is 4.90 Å². The van der Waals surface area contributed by atoms with Gasteiger partial charge in [-0.2, -0.15) is 0 Å². The highest BCUT2D eigenvalue weighted by Gasteiger charge is 2.28. The van der Waals surface area contributed by atoms with E-state index < -0.39 is 16.1 Å². The topological polar surface area (TPSA) is 0 Å². The minimum atomic E-state index is -5.09. The number of benzene rings is 1. The van der Waals surface area contributed by atoms with Crippen LogP contribution in [0.25, 0.3) is 0 Å². The smallest absolute Gasteiger partial charge is 0.120 e. The molecule has 0 atom stereocenters. The number of aryl methyl sites for hydroxylation is 3. The van der Waals surface area contributed by atoms with Crippen molar-refractivity contribution in [2.75, 3.05) is 0 Å². The summed E-state index contributed by atoms with van der Waals surface area (Å²) in [6.07, 6.45) is 0.773. The predicted molar refractivity (Wildman–Crippen MR) is 54.5 cm³/mol. The zero-order valence-electron chi connectivity index (χ0n) is 8.40. The molecule has 0 unspecified atom stereocenters. The SMILES string of the molecule is CCc1cc(C)c(S(F)(F)F)c(C)c1. The molecule has 0 saturated heterocycles. The molecule has 0 bridgehead atoms. The molecule has 1 aromatic rings. The van der Waals surface area contributed by atoms with Crippen molar-refractivity contribution >= 4 is 11.2 Å². The quantitative estimate of drug-likeness (QED) is 0.681. The summed E-state index contributed by atoms with van der Waals surface area (Å²) in [4.78, 5) is -0.408. The lowest BCUT2D eigenvalue weighted by atomic mass is 10.1. The lowest BCUT2D eigenvalue weighted by Crippen LogP contribution is -1.93. The summed E-state index contributed by atoms with van der Waals surface area (Å²) in [6, 6.07) is 3.26. The van der Waals surface area contributed by atoms with E-state index in [1.165, 1.54) is 13.8 Å². The molecule has 4 heteroatoms. The molecule has 0 aliphatic heterocycles. The molecule has 0 heterocycles. The van der Waals surface area contributed by atoms with E-state index in [-0.39, 0.29) is 0 Å². The van der Waals surface area contributed by atoms with Gasteiger partial charge in [0, 0.05) is 0 Å². The van der Waals surface area contributed by atoms with Crippen LogP contribution < -0.4 is 0 Å². The Balaban J connectivity index is 3.33. The summed E-state index contributed by atoms with van der Waals surface area (Å²) >= 11 is -5.09. The highest BCUT2D eigenvalue weighted by molar-refractivity contribution is 8.21. The molecule has 0 fully saturated rings. The summed E-state index contributed by atoms with van der Waals surface area (Å²) in [5.74, 6) is 0. The van der Waals surface area contributed by atoms with Crippen molar-refractivity contribution in [3.05, 3.63) is 28.8 Å². The maximum absolute atomic E-state index is 12.6. The third-order valence-corrected chi connectivity index (χ3v) is 3.27. The number of hydrogen-bond acceptors (Lipinski definition) is 0. The second-order valence-corrected chi connectivity index (χ2v) is 4.54. The fourth-order valence-electron chi connectivity index (χ4n) is 1.61. The molecule has 0 aliphatic rings. The van der Waals surface area contributed by atoms with E-state index in [4.69, 9.17) is 0 Å². The zero-order valence-corrected chi connectivity index (χ0v) is 9.22. The zero-order chi connectivity index (χ0) is 10.9. The van der Waals surface area contributed by atoms with Crippen LogP contribution in [-0.4, -0.2) is 0 Å². The molecular formula is C10H13F3S.